The van der Waals surface area contributed by atoms with E-state index in [1.54, 1.807) is 6.92 Å². The van der Waals surface area contributed by atoms with Crippen LogP contribution in [-0.2, 0) is 20.7 Å². The third-order valence-corrected chi connectivity index (χ3v) is 5.49. The Hall–Kier alpha value is -1.59. The van der Waals surface area contributed by atoms with E-state index in [1.165, 1.54) is 0 Å². The Kier molecular flexibility index (Phi) is 7.36. The van der Waals surface area contributed by atoms with Crippen LogP contribution in [0.1, 0.15) is 58.4 Å². The lowest BCUT2D eigenvalue weighted by Gasteiger charge is -2.29. The first-order valence-electron chi connectivity index (χ1n) is 10.2. The summed E-state index contributed by atoms with van der Waals surface area (Å²) in [6.07, 6.45) is 5.63. The van der Waals surface area contributed by atoms with Crippen LogP contribution in [0.5, 0.6) is 5.75 Å². The highest BCUT2D eigenvalue weighted by molar-refractivity contribution is 6.32. The lowest BCUT2D eigenvalue weighted by molar-refractivity contribution is -0.118. The molecule has 28 heavy (non-hydrogen) atoms. The average molecular weight is 408 g/mol. The fourth-order valence-corrected chi connectivity index (χ4v) is 4.07. The van der Waals surface area contributed by atoms with Gasteiger partial charge in [-0.05, 0) is 63.1 Å². The van der Waals surface area contributed by atoms with E-state index >= 15 is 0 Å². The van der Waals surface area contributed by atoms with Gasteiger partial charge in [0.25, 0.3) is 0 Å². The Morgan fingerprint density at radius 1 is 1.25 bits per heavy atom. The molecule has 1 fully saturated rings. The lowest BCUT2D eigenvalue weighted by atomic mass is 9.94. The molecule has 1 aromatic carbocycles. The molecule has 2 aliphatic rings. The van der Waals surface area contributed by atoms with E-state index in [-0.39, 0.29) is 23.9 Å². The number of hydrogen-bond donors (Lipinski definition) is 0. The van der Waals surface area contributed by atoms with Crippen LogP contribution in [-0.4, -0.2) is 37.1 Å². The summed E-state index contributed by atoms with van der Waals surface area (Å²) in [6, 6.07) is 3.82. The molecule has 0 radical (unpaired) electrons. The van der Waals surface area contributed by atoms with Crippen molar-refractivity contribution in [2.75, 3.05) is 13.2 Å². The maximum Gasteiger partial charge on any atom is 0.193 e. The molecule has 3 rings (SSSR count). The minimum Gasteiger partial charge on any atom is -0.492 e. The van der Waals surface area contributed by atoms with Crippen LogP contribution in [0, 0.1) is 5.92 Å². The second-order valence-electron chi connectivity index (χ2n) is 7.89. The minimum absolute atomic E-state index is 0.185. The summed E-state index contributed by atoms with van der Waals surface area (Å²) in [5, 5.41) is 0.585. The van der Waals surface area contributed by atoms with E-state index in [4.69, 9.17) is 25.8 Å². The van der Waals surface area contributed by atoms with Gasteiger partial charge in [-0.3, -0.25) is 0 Å². The van der Waals surface area contributed by atoms with Crippen LogP contribution in [0.3, 0.4) is 0 Å². The zero-order chi connectivity index (χ0) is 20.1. The summed E-state index contributed by atoms with van der Waals surface area (Å²) in [7, 11) is 0. The van der Waals surface area contributed by atoms with E-state index < -0.39 is 0 Å². The highest BCUT2D eigenvalue weighted by Gasteiger charge is 2.26. The van der Waals surface area contributed by atoms with Crippen LogP contribution < -0.4 is 4.74 Å². The number of carbonyl (C=O) groups is 1. The Morgan fingerprint density at radius 2 is 1.96 bits per heavy atom. The van der Waals surface area contributed by atoms with Crippen LogP contribution in [0.25, 0.3) is 0 Å². The molecule has 0 bridgehead atoms. The molecule has 1 aliphatic carbocycles. The number of hydrogen-bond acceptors (Lipinski definition) is 5. The largest absolute Gasteiger partial charge is 0.492 e. The molecule has 1 aliphatic heterocycles. The van der Waals surface area contributed by atoms with Gasteiger partial charge in [0.1, 0.15) is 17.6 Å². The van der Waals surface area contributed by atoms with Crippen molar-refractivity contribution >= 4 is 29.0 Å². The molecule has 1 atom stereocenters. The maximum atomic E-state index is 11.2. The number of ether oxygens (including phenoxy) is 3. The summed E-state index contributed by atoms with van der Waals surface area (Å²) in [5.74, 6) is 1.97. The number of aliphatic imine (C=N–C) groups is 1. The van der Waals surface area contributed by atoms with Gasteiger partial charge in [0.2, 0.25) is 0 Å². The molecule has 5 nitrogen and oxygen atoms in total. The van der Waals surface area contributed by atoms with Crippen molar-refractivity contribution in [3.63, 3.8) is 0 Å². The first-order valence-corrected chi connectivity index (χ1v) is 10.6. The number of carbonyl (C=O) groups excluding carboxylic acids is 1. The van der Waals surface area contributed by atoms with E-state index in [9.17, 15) is 4.79 Å². The predicted molar refractivity (Wildman–Crippen MR) is 111 cm³/mol. The topological polar surface area (TPSA) is 57.1 Å². The lowest BCUT2D eigenvalue weighted by Crippen LogP contribution is -2.29. The number of Topliss-reactive ketones (excluding diaryl/α,β-unsaturated/α-hetero) is 1. The third kappa shape index (κ3) is 5.71. The van der Waals surface area contributed by atoms with E-state index in [1.807, 2.05) is 19.1 Å². The smallest absolute Gasteiger partial charge is 0.193 e. The van der Waals surface area contributed by atoms with Gasteiger partial charge in [0, 0.05) is 13.0 Å². The normalized spacial score (nSPS) is 22.4. The molecular weight excluding hydrogens is 378 g/mol. The van der Waals surface area contributed by atoms with Crippen LogP contribution in [0.2, 0.25) is 5.02 Å². The first-order chi connectivity index (χ1) is 13.4. The predicted octanol–water partition coefficient (Wildman–Crippen LogP) is 5.28. The van der Waals surface area contributed by atoms with Crippen LogP contribution >= 0.6 is 11.6 Å². The van der Waals surface area contributed by atoms with E-state index in [2.05, 4.69) is 11.9 Å². The Balaban J connectivity index is 1.44. The zero-order valence-corrected chi connectivity index (χ0v) is 17.8. The van der Waals surface area contributed by atoms with Crippen molar-refractivity contribution in [1.82, 2.24) is 0 Å². The number of benzene rings is 1. The zero-order valence-electron chi connectivity index (χ0n) is 17.0. The monoisotopic (exact) mass is 407 g/mol. The van der Waals surface area contributed by atoms with Gasteiger partial charge < -0.3 is 19.0 Å². The molecule has 154 valence electrons. The van der Waals surface area contributed by atoms with Crippen molar-refractivity contribution in [1.29, 1.82) is 0 Å². The molecule has 6 heteroatoms. The maximum absolute atomic E-state index is 11.2. The van der Waals surface area contributed by atoms with Crippen molar-refractivity contribution < 1.29 is 19.0 Å². The standard InChI is InChI=1S/C22H30ClNO4/c1-4-26-21-10-16-11-22(24-20(16)12-19(21)23)28-18-7-5-17(6-8-18)27-13-14(2)9-15(3)25/h10,12,14,17-18H,4-9,11,13H2,1-3H3/t14-,17?,18?/m1/s1. The van der Waals surface area contributed by atoms with Crippen molar-refractivity contribution in [3.8, 4) is 5.75 Å². The van der Waals surface area contributed by atoms with Crippen molar-refractivity contribution in [2.24, 2.45) is 10.9 Å². The SMILES string of the molecule is CCOc1cc2c(cc1Cl)N=C(OC1CCC(OC[C@H](C)CC(C)=O)CC1)C2. The summed E-state index contributed by atoms with van der Waals surface area (Å²) in [4.78, 5) is 15.8. The molecule has 0 unspecified atom stereocenters. The first kappa shape index (κ1) is 21.1. The number of rotatable bonds is 8. The summed E-state index contributed by atoms with van der Waals surface area (Å²) in [5.41, 5.74) is 1.97. The van der Waals surface area contributed by atoms with Gasteiger partial charge in [-0.2, -0.15) is 0 Å². The second kappa shape index (κ2) is 9.75. The molecule has 0 saturated heterocycles. The highest BCUT2D eigenvalue weighted by atomic mass is 35.5. The Labute approximate surface area is 172 Å². The van der Waals surface area contributed by atoms with Gasteiger partial charge in [-0.25, -0.2) is 4.99 Å². The fourth-order valence-electron chi connectivity index (χ4n) is 3.86. The molecule has 1 heterocycles. The molecule has 0 aromatic heterocycles. The van der Waals surface area contributed by atoms with E-state index in [0.29, 0.717) is 36.8 Å². The Morgan fingerprint density at radius 3 is 2.64 bits per heavy atom. The van der Waals surface area contributed by atoms with Crippen LogP contribution in [0.15, 0.2) is 17.1 Å². The third-order valence-electron chi connectivity index (χ3n) is 5.20. The molecule has 0 spiro atoms. The molecule has 0 N–H and O–H groups in total. The number of nitrogens with zero attached hydrogens (tertiary/aromatic N) is 1. The average Bonchev–Trinajstić information content (AvgIpc) is 3.02. The fraction of sp³-hybridized carbons (Fsp3) is 0.636. The van der Waals surface area contributed by atoms with Gasteiger partial charge in [0.15, 0.2) is 5.90 Å². The quantitative estimate of drug-likeness (QED) is 0.587. The minimum atomic E-state index is 0.185. The van der Waals surface area contributed by atoms with Gasteiger partial charge >= 0.3 is 0 Å². The van der Waals surface area contributed by atoms with Crippen molar-refractivity contribution in [3.05, 3.63) is 22.7 Å². The van der Waals surface area contributed by atoms with Gasteiger partial charge in [0.05, 0.1) is 29.8 Å². The van der Waals surface area contributed by atoms with Gasteiger partial charge in [-0.1, -0.05) is 18.5 Å². The Bertz CT molecular complexity index is 725. The number of halogens is 1. The van der Waals surface area contributed by atoms with Crippen molar-refractivity contribution in [2.45, 2.75) is 71.5 Å². The summed E-state index contributed by atoms with van der Waals surface area (Å²) < 4.78 is 17.7. The van der Waals surface area contributed by atoms with Gasteiger partial charge in [-0.15, -0.1) is 0 Å². The van der Waals surface area contributed by atoms with E-state index in [0.717, 1.165) is 42.8 Å². The second-order valence-corrected chi connectivity index (χ2v) is 8.30. The molecular formula is C22H30ClNO4. The number of ketones is 1. The highest BCUT2D eigenvalue weighted by Crippen LogP contribution is 2.37. The van der Waals surface area contributed by atoms with Crippen LogP contribution in [0.4, 0.5) is 5.69 Å². The molecule has 0 amide bonds. The summed E-state index contributed by atoms with van der Waals surface area (Å²) in [6.45, 7) is 6.88. The molecule has 1 saturated carbocycles. The number of fused-ring (bicyclic) bond motifs is 1. The summed E-state index contributed by atoms with van der Waals surface area (Å²) >= 11 is 6.25. The molecule has 1 aromatic rings.